The maximum Gasteiger partial charge on any atom is 0.336 e. The van der Waals surface area contributed by atoms with Crippen LogP contribution in [0, 0.1) is 0 Å². The Kier molecular flexibility index (Phi) is 4.55. The zero-order valence-corrected chi connectivity index (χ0v) is 13.7. The van der Waals surface area contributed by atoms with E-state index in [1.165, 1.54) is 24.3 Å². The molecule has 3 aromatic rings. The van der Waals surface area contributed by atoms with Crippen LogP contribution < -0.4 is 0 Å². The third-order valence-electron chi connectivity index (χ3n) is 3.83. The summed E-state index contributed by atoms with van der Waals surface area (Å²) >= 11 is 6.15. The molecule has 0 bridgehead atoms. The van der Waals surface area contributed by atoms with Crippen LogP contribution in [0.1, 0.15) is 26.3 Å². The number of carboxylic acid groups (broad SMARTS) is 1. The topological polar surface area (TPSA) is 74.6 Å². The lowest BCUT2D eigenvalue weighted by Gasteiger charge is -2.10. The van der Waals surface area contributed by atoms with Crippen molar-refractivity contribution in [2.45, 2.75) is 0 Å². The molecule has 0 aliphatic rings. The average molecular weight is 353 g/mol. The first-order valence-corrected chi connectivity index (χ1v) is 7.82. The first-order valence-electron chi connectivity index (χ1n) is 7.44. The van der Waals surface area contributed by atoms with E-state index in [9.17, 15) is 19.8 Å². The van der Waals surface area contributed by atoms with E-state index in [1.54, 1.807) is 36.4 Å². The average Bonchev–Trinajstić information content (AvgIpc) is 2.61. The molecule has 0 fully saturated rings. The molecule has 25 heavy (non-hydrogen) atoms. The Balaban J connectivity index is 2.04. The number of hydrogen-bond donors (Lipinski definition) is 2. The number of halogens is 1. The molecule has 2 N–H and O–H groups in total. The van der Waals surface area contributed by atoms with Crippen molar-refractivity contribution in [2.24, 2.45) is 0 Å². The molecule has 0 unspecified atom stereocenters. The summed E-state index contributed by atoms with van der Waals surface area (Å²) in [7, 11) is 0. The summed E-state index contributed by atoms with van der Waals surface area (Å²) in [5.74, 6) is -1.99. The van der Waals surface area contributed by atoms with Crippen molar-refractivity contribution in [3.05, 3.63) is 88.4 Å². The molecule has 0 saturated heterocycles. The summed E-state index contributed by atoms with van der Waals surface area (Å²) in [5, 5.41) is 20.0. The minimum atomic E-state index is -1.20. The third kappa shape index (κ3) is 3.25. The van der Waals surface area contributed by atoms with E-state index in [-0.39, 0.29) is 22.4 Å². The fourth-order valence-corrected chi connectivity index (χ4v) is 2.84. The highest BCUT2D eigenvalue weighted by Crippen LogP contribution is 2.32. The van der Waals surface area contributed by atoms with Crippen LogP contribution in [0.3, 0.4) is 0 Å². The first-order chi connectivity index (χ1) is 12.0. The summed E-state index contributed by atoms with van der Waals surface area (Å²) in [6.45, 7) is 0. The van der Waals surface area contributed by atoms with Crippen molar-refractivity contribution in [1.82, 2.24) is 0 Å². The van der Waals surface area contributed by atoms with Gasteiger partial charge in [0.2, 0.25) is 0 Å². The van der Waals surface area contributed by atoms with Crippen LogP contribution in [0.25, 0.3) is 11.1 Å². The monoisotopic (exact) mass is 352 g/mol. The van der Waals surface area contributed by atoms with Crippen LogP contribution in [-0.2, 0) is 0 Å². The molecule has 0 spiro atoms. The third-order valence-corrected chi connectivity index (χ3v) is 4.16. The smallest absolute Gasteiger partial charge is 0.336 e. The second-order valence-corrected chi connectivity index (χ2v) is 5.80. The van der Waals surface area contributed by atoms with Crippen molar-refractivity contribution in [1.29, 1.82) is 0 Å². The van der Waals surface area contributed by atoms with Crippen LogP contribution in [0.5, 0.6) is 5.75 Å². The van der Waals surface area contributed by atoms with Crippen molar-refractivity contribution in [3.63, 3.8) is 0 Å². The lowest BCUT2D eigenvalue weighted by atomic mass is 9.95. The molecule has 0 aliphatic carbocycles. The number of carbonyl (C=O) groups excluding carboxylic acids is 1. The fraction of sp³-hybridized carbons (Fsp3) is 0. The molecule has 3 rings (SSSR count). The van der Waals surface area contributed by atoms with Gasteiger partial charge in [0.25, 0.3) is 0 Å². The standard InChI is InChI=1S/C20H13ClO4/c21-17-8-4-3-5-13(17)12-9-10-16(18(22)11-12)19(23)14-6-1-2-7-15(14)20(24)25/h1-11,22H,(H,24,25). The maximum absolute atomic E-state index is 12.7. The van der Waals surface area contributed by atoms with E-state index >= 15 is 0 Å². The maximum atomic E-state index is 12.7. The Morgan fingerprint density at radius 2 is 1.44 bits per heavy atom. The van der Waals surface area contributed by atoms with Gasteiger partial charge in [0.05, 0.1) is 11.1 Å². The molecule has 0 radical (unpaired) electrons. The second-order valence-electron chi connectivity index (χ2n) is 5.39. The van der Waals surface area contributed by atoms with Crippen LogP contribution in [0.4, 0.5) is 0 Å². The number of hydrogen-bond acceptors (Lipinski definition) is 3. The van der Waals surface area contributed by atoms with Gasteiger partial charge in [-0.2, -0.15) is 0 Å². The number of phenols is 1. The molecule has 0 aliphatic heterocycles. The van der Waals surface area contributed by atoms with E-state index in [2.05, 4.69) is 0 Å². The summed E-state index contributed by atoms with van der Waals surface area (Å²) in [4.78, 5) is 23.9. The van der Waals surface area contributed by atoms with E-state index in [0.717, 1.165) is 5.56 Å². The molecule has 5 heteroatoms. The number of aromatic hydroxyl groups is 1. The molecular weight excluding hydrogens is 340 g/mol. The van der Waals surface area contributed by atoms with Crippen LogP contribution in [0.15, 0.2) is 66.7 Å². The lowest BCUT2D eigenvalue weighted by Crippen LogP contribution is -2.09. The Morgan fingerprint density at radius 3 is 2.08 bits per heavy atom. The minimum Gasteiger partial charge on any atom is -0.507 e. The number of aromatic carboxylic acids is 1. The number of carbonyl (C=O) groups is 2. The molecule has 0 atom stereocenters. The fourth-order valence-electron chi connectivity index (χ4n) is 2.60. The van der Waals surface area contributed by atoms with Gasteiger partial charge in [-0.3, -0.25) is 4.79 Å². The van der Waals surface area contributed by atoms with E-state index in [1.807, 2.05) is 6.07 Å². The van der Waals surface area contributed by atoms with Gasteiger partial charge in [0, 0.05) is 16.1 Å². The van der Waals surface area contributed by atoms with Gasteiger partial charge in [-0.15, -0.1) is 0 Å². The van der Waals surface area contributed by atoms with Gasteiger partial charge >= 0.3 is 5.97 Å². The van der Waals surface area contributed by atoms with Crippen LogP contribution >= 0.6 is 11.6 Å². The van der Waals surface area contributed by atoms with Gasteiger partial charge in [-0.1, -0.05) is 54.1 Å². The van der Waals surface area contributed by atoms with Gasteiger partial charge in [-0.05, 0) is 29.8 Å². The van der Waals surface area contributed by atoms with Crippen molar-refractivity contribution >= 4 is 23.4 Å². The highest BCUT2D eigenvalue weighted by atomic mass is 35.5. The van der Waals surface area contributed by atoms with Crippen molar-refractivity contribution in [2.75, 3.05) is 0 Å². The largest absolute Gasteiger partial charge is 0.507 e. The number of ketones is 1. The lowest BCUT2D eigenvalue weighted by molar-refractivity contribution is 0.0692. The normalized spacial score (nSPS) is 10.4. The first kappa shape index (κ1) is 16.7. The molecule has 0 saturated carbocycles. The van der Waals surface area contributed by atoms with Gasteiger partial charge in [-0.25, -0.2) is 4.79 Å². The highest BCUT2D eigenvalue weighted by Gasteiger charge is 2.20. The molecule has 124 valence electrons. The van der Waals surface area contributed by atoms with E-state index in [0.29, 0.717) is 10.6 Å². The SMILES string of the molecule is O=C(O)c1ccccc1C(=O)c1ccc(-c2ccccc2Cl)cc1O. The number of carboxylic acids is 1. The zero-order valence-electron chi connectivity index (χ0n) is 12.9. The zero-order chi connectivity index (χ0) is 18.0. The number of phenolic OH excluding ortho intramolecular Hbond substituents is 1. The Labute approximate surface area is 148 Å². The Morgan fingerprint density at radius 1 is 0.800 bits per heavy atom. The summed E-state index contributed by atoms with van der Waals surface area (Å²) < 4.78 is 0. The van der Waals surface area contributed by atoms with Gasteiger partial charge < -0.3 is 10.2 Å². The quantitative estimate of drug-likeness (QED) is 0.671. The molecule has 4 nitrogen and oxygen atoms in total. The van der Waals surface area contributed by atoms with Gasteiger partial charge in [0.1, 0.15) is 5.75 Å². The molecular formula is C20H13ClO4. The minimum absolute atomic E-state index is 0.0239. The van der Waals surface area contributed by atoms with E-state index in [4.69, 9.17) is 11.6 Å². The summed E-state index contributed by atoms with van der Waals surface area (Å²) in [6.07, 6.45) is 0. The van der Waals surface area contributed by atoms with Crippen molar-refractivity contribution in [3.8, 4) is 16.9 Å². The van der Waals surface area contributed by atoms with Crippen LogP contribution in [0.2, 0.25) is 5.02 Å². The van der Waals surface area contributed by atoms with E-state index < -0.39 is 11.8 Å². The summed E-state index contributed by atoms with van der Waals surface area (Å²) in [6, 6.07) is 17.6. The molecule has 0 amide bonds. The molecule has 3 aromatic carbocycles. The predicted octanol–water partition coefficient (Wildman–Crippen LogP) is 4.64. The van der Waals surface area contributed by atoms with Crippen molar-refractivity contribution < 1.29 is 19.8 Å². The van der Waals surface area contributed by atoms with Crippen LogP contribution in [-0.4, -0.2) is 22.0 Å². The molecule has 0 heterocycles. The number of benzene rings is 3. The highest BCUT2D eigenvalue weighted by molar-refractivity contribution is 6.33. The Hall–Kier alpha value is -3.11. The molecule has 0 aromatic heterocycles. The summed E-state index contributed by atoms with van der Waals surface area (Å²) in [5.41, 5.74) is 1.33. The number of rotatable bonds is 4. The van der Waals surface area contributed by atoms with Gasteiger partial charge in [0.15, 0.2) is 5.78 Å². The second kappa shape index (κ2) is 6.79. The predicted molar refractivity (Wildman–Crippen MR) is 95.4 cm³/mol. The Bertz CT molecular complexity index is 979.